The van der Waals surface area contributed by atoms with Gasteiger partial charge in [-0.3, -0.25) is 47.6 Å². The fourth-order valence-corrected chi connectivity index (χ4v) is 7.90. The van der Waals surface area contributed by atoms with Crippen LogP contribution in [-0.2, 0) is 57.5 Å². The van der Waals surface area contributed by atoms with Gasteiger partial charge in [0.05, 0.1) is 7.05 Å². The first kappa shape index (κ1) is 56.5. The number of carboxylic acids is 1. The van der Waals surface area contributed by atoms with Gasteiger partial charge in [-0.2, -0.15) is 0 Å². The molecule has 0 rings (SSSR count). The van der Waals surface area contributed by atoms with Crippen LogP contribution in [0.15, 0.2) is 0 Å². The monoisotopic (exact) mass is 881 g/mol. The highest BCUT2D eigenvalue weighted by molar-refractivity contribution is 6.36. The van der Waals surface area contributed by atoms with Crippen LogP contribution in [-0.4, -0.2) is 210 Å². The average Bonchev–Trinajstić information content (AvgIpc) is 3.13. The maximum Gasteiger partial charge on any atom is 0.335 e. The number of carbonyl (C=O) groups excluding carboxylic acids is 11. The van der Waals surface area contributed by atoms with Crippen LogP contribution >= 0.6 is 0 Å². The van der Waals surface area contributed by atoms with Crippen LogP contribution in [0.25, 0.3) is 0 Å². The molecule has 346 valence electrons. The maximum atomic E-state index is 15.6. The maximum absolute atomic E-state index is 15.6. The molecular formula is C37H55NO23. The van der Waals surface area contributed by atoms with Crippen molar-refractivity contribution in [3.05, 3.63) is 0 Å². The lowest BCUT2D eigenvalue weighted by Crippen LogP contribution is -3.01. The molecule has 0 aliphatic rings. The molecule has 0 aromatic heterocycles. The topological polar surface area (TPSA) is 422 Å². The van der Waals surface area contributed by atoms with E-state index in [-0.39, 0.29) is 7.05 Å². The molecule has 0 amide bonds. The third-order valence-corrected chi connectivity index (χ3v) is 10.3. The summed E-state index contributed by atoms with van der Waals surface area (Å²) in [7, 11) is -0.252. The second-order valence-electron chi connectivity index (χ2n) is 15.0. The summed E-state index contributed by atoms with van der Waals surface area (Å²) >= 11 is 0. The highest BCUT2D eigenvalue weighted by Crippen LogP contribution is 2.56. The molecule has 0 aromatic rings. The van der Waals surface area contributed by atoms with Gasteiger partial charge in [0.2, 0.25) is 57.7 Å². The zero-order chi connectivity index (χ0) is 49.0. The number of Topliss-reactive ketones (excluding diaryl/α,β-unsaturated/α-hetero) is 9. The third-order valence-electron chi connectivity index (χ3n) is 10.3. The van der Waals surface area contributed by atoms with Gasteiger partial charge in [-0.25, -0.2) is 4.79 Å². The van der Waals surface area contributed by atoms with Crippen molar-refractivity contribution < 1.29 is 118 Å². The van der Waals surface area contributed by atoms with Crippen LogP contribution in [0.4, 0.5) is 0 Å². The van der Waals surface area contributed by atoms with Crippen molar-refractivity contribution in [2.45, 2.75) is 159 Å². The summed E-state index contributed by atoms with van der Waals surface area (Å²) < 4.78 is 1.30. The summed E-state index contributed by atoms with van der Waals surface area (Å²) in [5, 5.41) is 123. The van der Waals surface area contributed by atoms with Crippen molar-refractivity contribution in [2.75, 3.05) is 7.05 Å². The normalized spacial score (nSPS) is 21.7. The summed E-state index contributed by atoms with van der Waals surface area (Å²) in [6.07, 6.45) is -33.0. The Kier molecular flexibility index (Phi) is 18.7. The number of aliphatic carboxylic acids is 1. The van der Waals surface area contributed by atoms with Gasteiger partial charge in [0, 0.05) is 12.4 Å². The molecule has 24 heteroatoms. The number of likely N-dealkylation sites (N-methyl/N-ethyl adjacent to an activating group) is 1. The number of quaternary nitrogens is 1. The molecule has 0 radical (unpaired) electrons. The molecule has 0 saturated carbocycles. The van der Waals surface area contributed by atoms with Gasteiger partial charge in [0.1, 0.15) is 61.0 Å². The van der Waals surface area contributed by atoms with Crippen molar-refractivity contribution in [1.82, 2.24) is 0 Å². The van der Waals surface area contributed by atoms with Crippen LogP contribution in [0.2, 0.25) is 0 Å². The Hall–Kier alpha value is -4.47. The van der Waals surface area contributed by atoms with E-state index in [0.29, 0.717) is 69.2 Å². The smallest absolute Gasteiger partial charge is 0.335 e. The molecule has 0 bridgehead atoms. The quantitative estimate of drug-likeness (QED) is 0.0219. The Morgan fingerprint density at radius 1 is 0.410 bits per heavy atom. The molecule has 0 fully saturated rings. The number of carboxylic acid groups (broad SMARTS) is 1. The summed E-state index contributed by atoms with van der Waals surface area (Å²) in [4.78, 5) is 164. The lowest BCUT2D eigenvalue weighted by molar-refractivity contribution is -0.983. The summed E-state index contributed by atoms with van der Waals surface area (Å²) in [5.41, 5.74) is -20.5. The molecule has 0 spiro atoms. The molecule has 11 unspecified atom stereocenters. The van der Waals surface area contributed by atoms with Gasteiger partial charge in [-0.1, -0.05) is 0 Å². The number of ether oxygens (including phenoxy) is 1. The highest BCUT2D eigenvalue weighted by atomic mass is 16.6. The molecule has 0 heterocycles. The molecule has 0 aliphatic heterocycles. The number of aliphatic hydroxyl groups is 10. The van der Waals surface area contributed by atoms with Crippen LogP contribution in [0.1, 0.15) is 75.7 Å². The number of hydrogen-bond donors (Lipinski definition) is 10. The molecule has 0 saturated heterocycles. The van der Waals surface area contributed by atoms with Crippen LogP contribution < -0.4 is 5.11 Å². The molecule has 61 heavy (non-hydrogen) atoms. The lowest BCUT2D eigenvalue weighted by atomic mass is 9.55. The predicted molar refractivity (Wildman–Crippen MR) is 195 cm³/mol. The Bertz CT molecular complexity index is 1600. The number of hydrogen-bond acceptors (Lipinski definition) is 23. The summed E-state index contributed by atoms with van der Waals surface area (Å²) in [6, 6.07) is 0. The van der Waals surface area contributed by atoms with Crippen LogP contribution in [0.3, 0.4) is 0 Å². The van der Waals surface area contributed by atoms with E-state index in [4.69, 9.17) is 4.74 Å². The Labute approximate surface area is 347 Å². The largest absolute Gasteiger partial charge is 0.550 e. The predicted octanol–water partition coefficient (Wildman–Crippen LogP) is -8.00. The van der Waals surface area contributed by atoms with Gasteiger partial charge >= 0.3 is 5.97 Å². The highest BCUT2D eigenvalue weighted by Gasteiger charge is 2.93. The number of esters is 1. The number of carbonyl (C=O) groups is 11. The minimum Gasteiger partial charge on any atom is -0.550 e. The van der Waals surface area contributed by atoms with E-state index in [1.807, 2.05) is 0 Å². The van der Waals surface area contributed by atoms with E-state index in [2.05, 4.69) is 0 Å². The van der Waals surface area contributed by atoms with Gasteiger partial charge < -0.3 is 65.7 Å². The first-order valence-corrected chi connectivity index (χ1v) is 18.4. The van der Waals surface area contributed by atoms with Crippen molar-refractivity contribution in [1.29, 1.82) is 0 Å². The standard InChI is InChI=1S/C37H55NO23/c1-13(39)24(51)34(12-23(49)50,61-33(60)22(10)48)37(31(58)20(8)46,32(59)21(9)47)38(11,35(25(52)14(2)40,26(53)15(3)41)27(54)16(4)42)36(28(55)17(5)43,29(56)18(6)44)30(57)19(7)45/h13-22,39-48H,12H2,1-11H3. The second-order valence-corrected chi connectivity index (χ2v) is 15.0. The molecule has 10 N–H and O–H groups in total. The zero-order valence-corrected chi connectivity index (χ0v) is 35.2. The van der Waals surface area contributed by atoms with Crippen LogP contribution in [0.5, 0.6) is 0 Å². The van der Waals surface area contributed by atoms with Crippen molar-refractivity contribution in [2.24, 2.45) is 0 Å². The van der Waals surface area contributed by atoms with E-state index < -0.39 is 158 Å². The number of ketones is 9. The zero-order valence-electron chi connectivity index (χ0n) is 35.2. The van der Waals surface area contributed by atoms with E-state index in [9.17, 15) is 70.6 Å². The number of nitrogens with zero attached hydrogens (tertiary/aromatic N) is 1. The average molecular weight is 882 g/mol. The second kappa shape index (κ2) is 20.1. The SMILES string of the molecule is CC(O)C(=O)OC(CC(=O)[O-])(C(=O)C(C)O)C(C(=O)C(C)O)(C(=O)C(C)O)[N+](C)(C(C(=O)C(C)O)(C(=O)C(C)O)C(=O)C(C)O)C(C(=O)C(C)O)(C(=O)C(C)O)C(=O)C(C)O. The molecule has 0 aliphatic carbocycles. The molecule has 11 atom stereocenters. The molecule has 0 aromatic carbocycles. The van der Waals surface area contributed by atoms with E-state index in [0.717, 1.165) is 0 Å². The molecular weight excluding hydrogens is 826 g/mol. The number of aliphatic hydroxyl groups excluding tert-OH is 10. The minimum atomic E-state index is -5.37. The summed E-state index contributed by atoms with van der Waals surface area (Å²) in [6.45, 7) is 3.71. The van der Waals surface area contributed by atoms with E-state index >= 15 is 38.4 Å². The first-order valence-electron chi connectivity index (χ1n) is 18.4. The third kappa shape index (κ3) is 8.66. The van der Waals surface area contributed by atoms with Gasteiger partial charge in [0.15, 0.2) is 0 Å². The first-order chi connectivity index (χ1) is 27.4. The Morgan fingerprint density at radius 3 is 0.787 bits per heavy atom. The van der Waals surface area contributed by atoms with Crippen molar-refractivity contribution in [3.63, 3.8) is 0 Å². The lowest BCUT2D eigenvalue weighted by Gasteiger charge is -2.66. The number of rotatable bonds is 26. The van der Waals surface area contributed by atoms with Crippen molar-refractivity contribution >= 4 is 64.0 Å². The van der Waals surface area contributed by atoms with E-state index in [1.165, 1.54) is 0 Å². The van der Waals surface area contributed by atoms with Crippen molar-refractivity contribution in [3.8, 4) is 0 Å². The fourth-order valence-electron chi connectivity index (χ4n) is 7.90. The van der Waals surface area contributed by atoms with Gasteiger partial charge in [-0.15, -0.1) is 0 Å². The van der Waals surface area contributed by atoms with E-state index in [1.54, 1.807) is 0 Å². The minimum absolute atomic E-state index is 0.252. The Balaban J connectivity index is 12.2. The Morgan fingerprint density at radius 2 is 0.623 bits per heavy atom. The molecule has 24 nitrogen and oxygen atoms in total. The summed E-state index contributed by atoms with van der Waals surface area (Å²) in [5.74, 6) is -29.0. The van der Waals surface area contributed by atoms with Gasteiger partial charge in [0.25, 0.3) is 16.6 Å². The van der Waals surface area contributed by atoms with Gasteiger partial charge in [-0.05, 0) is 69.2 Å². The fraction of sp³-hybridized carbons (Fsp3) is 0.703. The van der Waals surface area contributed by atoms with Crippen LogP contribution in [0, 0.1) is 0 Å².